The van der Waals surface area contributed by atoms with Gasteiger partial charge in [0.1, 0.15) is 5.75 Å². The zero-order valence-electron chi connectivity index (χ0n) is 6.55. The highest BCUT2D eigenvalue weighted by Gasteiger charge is 2.12. The Morgan fingerprint density at radius 3 is 3.17 bits per heavy atom. The van der Waals surface area contributed by atoms with E-state index in [0.29, 0.717) is 13.4 Å². The van der Waals surface area contributed by atoms with Gasteiger partial charge in [0.15, 0.2) is 6.79 Å². The third-order valence-electron chi connectivity index (χ3n) is 1.92. The summed E-state index contributed by atoms with van der Waals surface area (Å²) in [5.74, 6) is 0.957. The van der Waals surface area contributed by atoms with Gasteiger partial charge in [0.2, 0.25) is 0 Å². The number of rotatable bonds is 1. The number of hydrogen-bond acceptors (Lipinski definition) is 2. The summed E-state index contributed by atoms with van der Waals surface area (Å²) in [5, 5.41) is 0.850. The molecular weight excluding hydrogens is 220 g/mol. The predicted molar refractivity (Wildman–Crippen MR) is 49.4 cm³/mol. The Balaban J connectivity index is 2.44. The van der Waals surface area contributed by atoms with Gasteiger partial charge in [-0.15, -0.1) is 0 Å². The maximum Gasteiger partial charge on any atom is 0.189 e. The molecule has 64 valence electrons. The lowest BCUT2D eigenvalue weighted by molar-refractivity contribution is -0.0167. The van der Waals surface area contributed by atoms with E-state index in [-0.39, 0.29) is 0 Å². The molecule has 0 unspecified atom stereocenters. The van der Waals surface area contributed by atoms with Crippen LogP contribution in [0.1, 0.15) is 11.1 Å². The molecule has 0 spiro atoms. The van der Waals surface area contributed by atoms with Crippen molar-refractivity contribution >= 4 is 15.9 Å². The molecule has 0 radical (unpaired) electrons. The summed E-state index contributed by atoms with van der Waals surface area (Å²) >= 11 is 3.43. The Bertz CT molecular complexity index is 272. The quantitative estimate of drug-likeness (QED) is 0.688. The first-order valence-electron chi connectivity index (χ1n) is 3.79. The lowest BCUT2D eigenvalue weighted by Gasteiger charge is -2.19. The van der Waals surface area contributed by atoms with Crippen LogP contribution in [-0.2, 0) is 16.7 Å². The summed E-state index contributed by atoms with van der Waals surface area (Å²) in [6.07, 6.45) is 0. The minimum absolute atomic E-state index is 0.374. The zero-order valence-corrected chi connectivity index (χ0v) is 8.13. The lowest BCUT2D eigenvalue weighted by Crippen LogP contribution is -2.12. The molecule has 3 heteroatoms. The standard InChI is InChI=1S/C9H9BrO2/c10-4-7-2-1-3-9-8(7)5-11-6-12-9/h1-3H,4-6H2. The number of ether oxygens (including phenoxy) is 2. The first-order valence-corrected chi connectivity index (χ1v) is 4.91. The van der Waals surface area contributed by atoms with Crippen LogP contribution in [0.3, 0.4) is 0 Å². The molecule has 0 atom stereocenters. The van der Waals surface area contributed by atoms with Crippen LogP contribution in [0.4, 0.5) is 0 Å². The highest BCUT2D eigenvalue weighted by Crippen LogP contribution is 2.27. The number of hydrogen-bond donors (Lipinski definition) is 0. The topological polar surface area (TPSA) is 18.5 Å². The molecule has 2 rings (SSSR count). The van der Waals surface area contributed by atoms with E-state index in [1.165, 1.54) is 11.1 Å². The fraction of sp³-hybridized carbons (Fsp3) is 0.333. The van der Waals surface area contributed by atoms with Crippen LogP contribution in [0.25, 0.3) is 0 Å². The van der Waals surface area contributed by atoms with E-state index in [9.17, 15) is 0 Å². The largest absolute Gasteiger partial charge is 0.467 e. The molecule has 1 aromatic rings. The second-order valence-corrected chi connectivity index (χ2v) is 3.20. The number of benzene rings is 1. The number of alkyl halides is 1. The van der Waals surface area contributed by atoms with Crippen LogP contribution < -0.4 is 4.74 Å². The van der Waals surface area contributed by atoms with E-state index < -0.39 is 0 Å². The summed E-state index contributed by atoms with van der Waals surface area (Å²) in [4.78, 5) is 0. The summed E-state index contributed by atoms with van der Waals surface area (Å²) in [7, 11) is 0. The van der Waals surface area contributed by atoms with Crippen LogP contribution >= 0.6 is 15.9 Å². The molecule has 0 aromatic heterocycles. The summed E-state index contributed by atoms with van der Waals surface area (Å²) in [6.45, 7) is 1.04. The lowest BCUT2D eigenvalue weighted by atomic mass is 10.1. The Hall–Kier alpha value is -0.540. The molecule has 0 saturated heterocycles. The first-order chi connectivity index (χ1) is 5.92. The van der Waals surface area contributed by atoms with E-state index in [2.05, 4.69) is 22.0 Å². The van der Waals surface area contributed by atoms with E-state index >= 15 is 0 Å². The maximum absolute atomic E-state index is 5.32. The van der Waals surface area contributed by atoms with E-state index in [1.54, 1.807) is 0 Å². The molecule has 0 aliphatic carbocycles. The smallest absolute Gasteiger partial charge is 0.189 e. The van der Waals surface area contributed by atoms with Gasteiger partial charge in [-0.1, -0.05) is 28.1 Å². The molecule has 1 aliphatic rings. The van der Waals surface area contributed by atoms with Gasteiger partial charge in [-0.3, -0.25) is 0 Å². The molecule has 0 saturated carbocycles. The summed E-state index contributed by atoms with van der Waals surface area (Å²) in [5.41, 5.74) is 2.41. The Morgan fingerprint density at radius 1 is 1.42 bits per heavy atom. The van der Waals surface area contributed by atoms with Gasteiger partial charge >= 0.3 is 0 Å². The number of halogens is 1. The van der Waals surface area contributed by atoms with Gasteiger partial charge in [-0.25, -0.2) is 0 Å². The molecule has 0 N–H and O–H groups in total. The van der Waals surface area contributed by atoms with Gasteiger partial charge in [-0.05, 0) is 11.6 Å². The van der Waals surface area contributed by atoms with Crippen LogP contribution in [0.15, 0.2) is 18.2 Å². The van der Waals surface area contributed by atoms with Crippen LogP contribution in [0, 0.1) is 0 Å². The highest BCUT2D eigenvalue weighted by atomic mass is 79.9. The molecule has 12 heavy (non-hydrogen) atoms. The van der Waals surface area contributed by atoms with Crippen molar-refractivity contribution in [2.24, 2.45) is 0 Å². The average molecular weight is 229 g/mol. The second-order valence-electron chi connectivity index (χ2n) is 2.64. The van der Waals surface area contributed by atoms with Crippen molar-refractivity contribution < 1.29 is 9.47 Å². The highest BCUT2D eigenvalue weighted by molar-refractivity contribution is 9.08. The maximum atomic E-state index is 5.32. The van der Waals surface area contributed by atoms with Crippen molar-refractivity contribution in [2.45, 2.75) is 11.9 Å². The molecule has 1 aliphatic heterocycles. The van der Waals surface area contributed by atoms with Gasteiger partial charge < -0.3 is 9.47 Å². The van der Waals surface area contributed by atoms with Crippen molar-refractivity contribution in [2.75, 3.05) is 6.79 Å². The van der Waals surface area contributed by atoms with E-state index in [1.807, 2.05) is 12.1 Å². The fourth-order valence-electron chi connectivity index (χ4n) is 1.28. The van der Waals surface area contributed by atoms with Crippen molar-refractivity contribution in [3.8, 4) is 5.75 Å². The number of fused-ring (bicyclic) bond motifs is 1. The second kappa shape index (κ2) is 3.46. The van der Waals surface area contributed by atoms with E-state index in [0.717, 1.165) is 11.1 Å². The van der Waals surface area contributed by atoms with Crippen molar-refractivity contribution in [3.05, 3.63) is 29.3 Å². The van der Waals surface area contributed by atoms with Gasteiger partial charge in [0.25, 0.3) is 0 Å². The molecule has 0 amide bonds. The zero-order chi connectivity index (χ0) is 8.39. The van der Waals surface area contributed by atoms with Gasteiger partial charge in [0, 0.05) is 10.9 Å². The molecule has 0 bridgehead atoms. The fourth-order valence-corrected chi connectivity index (χ4v) is 1.81. The van der Waals surface area contributed by atoms with Crippen molar-refractivity contribution in [1.82, 2.24) is 0 Å². The molecular formula is C9H9BrO2. The molecule has 1 aromatic carbocycles. The van der Waals surface area contributed by atoms with Crippen LogP contribution in [0.5, 0.6) is 5.75 Å². The molecule has 1 heterocycles. The SMILES string of the molecule is BrCc1cccc2c1COCO2. The Kier molecular flexibility index (Phi) is 2.33. The monoisotopic (exact) mass is 228 g/mol. The Labute approximate surface area is 79.6 Å². The first kappa shape index (κ1) is 8.08. The average Bonchev–Trinajstić information content (AvgIpc) is 2.17. The van der Waals surface area contributed by atoms with Crippen molar-refractivity contribution in [1.29, 1.82) is 0 Å². The van der Waals surface area contributed by atoms with Gasteiger partial charge in [-0.2, -0.15) is 0 Å². The third-order valence-corrected chi connectivity index (χ3v) is 2.52. The van der Waals surface area contributed by atoms with Crippen LogP contribution in [-0.4, -0.2) is 6.79 Å². The molecule has 0 fully saturated rings. The van der Waals surface area contributed by atoms with Gasteiger partial charge in [0.05, 0.1) is 6.61 Å². The summed E-state index contributed by atoms with van der Waals surface area (Å²) < 4.78 is 10.5. The minimum atomic E-state index is 0.374. The van der Waals surface area contributed by atoms with E-state index in [4.69, 9.17) is 9.47 Å². The summed E-state index contributed by atoms with van der Waals surface area (Å²) in [6, 6.07) is 6.05. The molecule has 2 nitrogen and oxygen atoms in total. The predicted octanol–water partition coefficient (Wildman–Crippen LogP) is 2.45. The minimum Gasteiger partial charge on any atom is -0.467 e. The third kappa shape index (κ3) is 1.34. The normalized spacial score (nSPS) is 15.1. The van der Waals surface area contributed by atoms with Crippen molar-refractivity contribution in [3.63, 3.8) is 0 Å². The Morgan fingerprint density at radius 2 is 2.33 bits per heavy atom. The van der Waals surface area contributed by atoms with Crippen LogP contribution in [0.2, 0.25) is 0 Å².